The second kappa shape index (κ2) is 4.42. The van der Waals surface area contributed by atoms with Gasteiger partial charge in [0.25, 0.3) is 4.84 Å². The third-order valence-electron chi connectivity index (χ3n) is 3.12. The van der Waals surface area contributed by atoms with Crippen molar-refractivity contribution in [2.45, 2.75) is 19.3 Å². The van der Waals surface area contributed by atoms with E-state index in [1.807, 2.05) is 0 Å². The van der Waals surface area contributed by atoms with E-state index in [0.717, 1.165) is 38.2 Å². The predicted octanol–water partition coefficient (Wildman–Crippen LogP) is 0.603. The van der Waals surface area contributed by atoms with Crippen molar-refractivity contribution in [2.75, 3.05) is 19.6 Å². The van der Waals surface area contributed by atoms with Gasteiger partial charge in [0.2, 0.25) is 0 Å². The summed E-state index contributed by atoms with van der Waals surface area (Å²) < 4.78 is 4.85. The van der Waals surface area contributed by atoms with E-state index in [9.17, 15) is 0 Å². The van der Waals surface area contributed by atoms with Gasteiger partial charge in [0.05, 0.1) is 0 Å². The lowest BCUT2D eigenvalue weighted by Crippen LogP contribution is -2.43. The summed E-state index contributed by atoms with van der Waals surface area (Å²) in [5, 5.41) is 7.23. The molecule has 1 saturated heterocycles. The number of aromatic nitrogens is 2. The highest BCUT2D eigenvalue weighted by Crippen LogP contribution is 2.30. The van der Waals surface area contributed by atoms with Crippen LogP contribution < -0.4 is 11.1 Å². The number of piperidine rings is 1. The topological polar surface area (TPSA) is 79.9 Å². The van der Waals surface area contributed by atoms with Crippen molar-refractivity contribution >= 4 is 12.2 Å². The maximum absolute atomic E-state index is 5.87. The van der Waals surface area contributed by atoms with Crippen LogP contribution in [0.4, 0.5) is 0 Å². The van der Waals surface area contributed by atoms with Gasteiger partial charge in [-0.15, -0.1) is 0 Å². The molecule has 84 valence electrons. The molecule has 4 N–H and O–H groups in total. The number of aromatic amines is 1. The summed E-state index contributed by atoms with van der Waals surface area (Å²) in [4.78, 5) is 3.28. The Balaban J connectivity index is 2.09. The van der Waals surface area contributed by atoms with Gasteiger partial charge in [-0.3, -0.25) is 4.98 Å². The fraction of sp³-hybridized carbons (Fsp3) is 0.778. The molecule has 2 rings (SSSR count). The van der Waals surface area contributed by atoms with Crippen molar-refractivity contribution in [1.82, 2.24) is 15.5 Å². The van der Waals surface area contributed by atoms with Gasteiger partial charge in [-0.1, -0.05) is 5.16 Å². The predicted molar refractivity (Wildman–Crippen MR) is 59.0 cm³/mol. The lowest BCUT2D eigenvalue weighted by atomic mass is 9.76. The maximum Gasteiger partial charge on any atom is 0.294 e. The minimum Gasteiger partial charge on any atom is -0.330 e. The summed E-state index contributed by atoms with van der Waals surface area (Å²) in [6, 6.07) is 0. The summed E-state index contributed by atoms with van der Waals surface area (Å²) in [5.41, 5.74) is 6.02. The van der Waals surface area contributed by atoms with E-state index in [4.69, 9.17) is 22.5 Å². The molecule has 6 heteroatoms. The first kappa shape index (κ1) is 10.8. The van der Waals surface area contributed by atoms with Crippen LogP contribution >= 0.6 is 12.2 Å². The third-order valence-corrected chi connectivity index (χ3v) is 3.30. The van der Waals surface area contributed by atoms with Crippen LogP contribution in [0.5, 0.6) is 0 Å². The minimum absolute atomic E-state index is 0.153. The van der Waals surface area contributed by atoms with Gasteiger partial charge in [-0.25, -0.2) is 0 Å². The van der Waals surface area contributed by atoms with Crippen molar-refractivity contribution in [3.63, 3.8) is 0 Å². The smallest absolute Gasteiger partial charge is 0.294 e. The largest absolute Gasteiger partial charge is 0.330 e. The number of H-pyrrole nitrogens is 1. The van der Waals surface area contributed by atoms with Crippen LogP contribution in [0.3, 0.4) is 0 Å². The number of hydrogen-bond acceptors (Lipinski definition) is 5. The van der Waals surface area contributed by atoms with Gasteiger partial charge in [0.1, 0.15) is 0 Å². The second-order valence-corrected chi connectivity index (χ2v) is 4.54. The van der Waals surface area contributed by atoms with Gasteiger partial charge in [-0.2, -0.15) is 0 Å². The van der Waals surface area contributed by atoms with Crippen molar-refractivity contribution in [3.8, 4) is 0 Å². The molecular weight excluding hydrogens is 212 g/mol. The highest BCUT2D eigenvalue weighted by molar-refractivity contribution is 7.71. The van der Waals surface area contributed by atoms with Crippen LogP contribution in [0.15, 0.2) is 4.52 Å². The fourth-order valence-electron chi connectivity index (χ4n) is 2.10. The van der Waals surface area contributed by atoms with E-state index in [-0.39, 0.29) is 5.41 Å². The van der Waals surface area contributed by atoms with Crippen LogP contribution in [-0.2, 0) is 6.42 Å². The van der Waals surface area contributed by atoms with Gasteiger partial charge < -0.3 is 15.6 Å². The first-order chi connectivity index (χ1) is 7.24. The van der Waals surface area contributed by atoms with E-state index in [1.165, 1.54) is 0 Å². The minimum atomic E-state index is 0.153. The Morgan fingerprint density at radius 3 is 2.73 bits per heavy atom. The van der Waals surface area contributed by atoms with Gasteiger partial charge in [0, 0.05) is 6.42 Å². The Labute approximate surface area is 93.4 Å². The molecule has 1 aliphatic heterocycles. The molecule has 0 saturated carbocycles. The molecule has 1 fully saturated rings. The Bertz CT molecular complexity index is 366. The zero-order valence-corrected chi connectivity index (χ0v) is 9.40. The van der Waals surface area contributed by atoms with Crippen molar-refractivity contribution in [1.29, 1.82) is 0 Å². The molecule has 0 spiro atoms. The SMILES string of the molecule is NCC1(Cc2noc(=S)[nH]2)CCNCC1. The molecular formula is C9H16N4OS. The highest BCUT2D eigenvalue weighted by Gasteiger charge is 2.31. The van der Waals surface area contributed by atoms with E-state index in [2.05, 4.69) is 15.5 Å². The quantitative estimate of drug-likeness (QED) is 0.660. The van der Waals surface area contributed by atoms with E-state index in [1.54, 1.807) is 0 Å². The van der Waals surface area contributed by atoms with Gasteiger partial charge in [-0.05, 0) is 50.1 Å². The Hall–Kier alpha value is -0.720. The number of nitrogens with one attached hydrogen (secondary N) is 2. The highest BCUT2D eigenvalue weighted by atomic mass is 32.1. The lowest BCUT2D eigenvalue weighted by Gasteiger charge is -2.35. The molecule has 1 aliphatic rings. The number of hydrogen-bond donors (Lipinski definition) is 3. The standard InChI is InChI=1S/C9H16N4OS/c10-6-9(1-3-11-4-2-9)5-7-12-8(15)14-13-7/h11H,1-6,10H2,(H,12,13,15). The van der Waals surface area contributed by atoms with Crippen molar-refractivity contribution in [2.24, 2.45) is 11.1 Å². The maximum atomic E-state index is 5.87. The van der Waals surface area contributed by atoms with E-state index in [0.29, 0.717) is 11.4 Å². The number of nitrogens with zero attached hydrogens (tertiary/aromatic N) is 1. The molecule has 2 heterocycles. The average molecular weight is 228 g/mol. The first-order valence-corrected chi connectivity index (χ1v) is 5.61. The lowest BCUT2D eigenvalue weighted by molar-refractivity contribution is 0.204. The summed E-state index contributed by atoms with van der Waals surface area (Å²) in [6.45, 7) is 2.73. The zero-order chi connectivity index (χ0) is 10.7. The molecule has 0 aromatic carbocycles. The van der Waals surface area contributed by atoms with Crippen molar-refractivity contribution in [3.05, 3.63) is 10.7 Å². The second-order valence-electron chi connectivity index (χ2n) is 4.17. The average Bonchev–Trinajstić information content (AvgIpc) is 2.65. The number of nitrogens with two attached hydrogens (primary N) is 1. The molecule has 0 unspecified atom stereocenters. The molecule has 0 amide bonds. The molecule has 5 nitrogen and oxygen atoms in total. The Morgan fingerprint density at radius 1 is 1.47 bits per heavy atom. The normalized spacial score (nSPS) is 20.3. The molecule has 1 aromatic heterocycles. The number of rotatable bonds is 3. The summed E-state index contributed by atoms with van der Waals surface area (Å²) in [6.07, 6.45) is 2.99. The molecule has 15 heavy (non-hydrogen) atoms. The van der Waals surface area contributed by atoms with Crippen LogP contribution in [0, 0.1) is 10.3 Å². The molecule has 1 aromatic rings. The van der Waals surface area contributed by atoms with Crippen LogP contribution in [-0.4, -0.2) is 29.8 Å². The molecule has 0 bridgehead atoms. The summed E-state index contributed by atoms with van der Waals surface area (Å²) in [7, 11) is 0. The third kappa shape index (κ3) is 2.45. The summed E-state index contributed by atoms with van der Waals surface area (Å²) >= 11 is 4.84. The molecule has 0 aliphatic carbocycles. The van der Waals surface area contributed by atoms with Crippen LogP contribution in [0.1, 0.15) is 18.7 Å². The van der Waals surface area contributed by atoms with Gasteiger partial charge in [0.15, 0.2) is 5.82 Å². The van der Waals surface area contributed by atoms with E-state index < -0.39 is 0 Å². The van der Waals surface area contributed by atoms with Crippen LogP contribution in [0.25, 0.3) is 0 Å². The zero-order valence-electron chi connectivity index (χ0n) is 8.58. The van der Waals surface area contributed by atoms with Crippen molar-refractivity contribution < 1.29 is 4.52 Å². The Kier molecular flexibility index (Phi) is 3.18. The molecule has 0 atom stereocenters. The summed E-state index contributed by atoms with van der Waals surface area (Å²) in [5.74, 6) is 0.812. The fourth-order valence-corrected chi connectivity index (χ4v) is 2.26. The van der Waals surface area contributed by atoms with E-state index >= 15 is 0 Å². The monoisotopic (exact) mass is 228 g/mol. The Morgan fingerprint density at radius 2 is 2.20 bits per heavy atom. The first-order valence-electron chi connectivity index (χ1n) is 5.20. The molecule has 0 radical (unpaired) electrons. The van der Waals surface area contributed by atoms with Crippen LogP contribution in [0.2, 0.25) is 0 Å². The van der Waals surface area contributed by atoms with Gasteiger partial charge >= 0.3 is 0 Å².